The number of thiophene rings is 1. The highest BCUT2D eigenvalue weighted by Gasteiger charge is 2.26. The minimum absolute atomic E-state index is 0.00312. The second kappa shape index (κ2) is 7.32. The maximum absolute atomic E-state index is 12.7. The molecule has 6 nitrogen and oxygen atoms in total. The Hall–Kier alpha value is -2.28. The Labute approximate surface area is 138 Å². The summed E-state index contributed by atoms with van der Waals surface area (Å²) in [5, 5.41) is 11.0. The van der Waals surface area contributed by atoms with Gasteiger partial charge in [-0.25, -0.2) is 0 Å². The van der Waals surface area contributed by atoms with Crippen molar-refractivity contribution in [3.63, 3.8) is 0 Å². The molecule has 0 radical (unpaired) electrons. The minimum Gasteiger partial charge on any atom is -0.332 e. The molecule has 0 saturated heterocycles. The van der Waals surface area contributed by atoms with Crippen molar-refractivity contribution in [2.75, 3.05) is 7.05 Å². The summed E-state index contributed by atoms with van der Waals surface area (Å²) < 4.78 is 0. The largest absolute Gasteiger partial charge is 0.332 e. The fourth-order valence-electron chi connectivity index (χ4n) is 2.46. The summed E-state index contributed by atoms with van der Waals surface area (Å²) in [5.41, 5.74) is 0.824. The molecule has 0 aliphatic heterocycles. The number of carbonyl (C=O) groups excluding carboxylic acids is 1. The number of carbonyl (C=O) groups is 1. The summed E-state index contributed by atoms with van der Waals surface area (Å²) in [6.45, 7) is 3.70. The molecule has 0 fully saturated rings. The number of hydrogen-bond donors (Lipinski definition) is 0. The molecule has 0 N–H and O–H groups in total. The van der Waals surface area contributed by atoms with Gasteiger partial charge in [-0.05, 0) is 25.5 Å². The van der Waals surface area contributed by atoms with Gasteiger partial charge in [-0.15, -0.1) is 11.3 Å². The standard InChI is InChI=1S/C16H19N3O3S/c1-4-7-13(12-8-5-6-9-17-12)18(3)16(20)15-10-14(19(21)22)11(2)23-15/h5-6,8-10,13H,4,7H2,1-3H3/t13-/m1/s1. The molecule has 23 heavy (non-hydrogen) atoms. The van der Waals surface area contributed by atoms with Crippen molar-refractivity contribution in [1.82, 2.24) is 9.88 Å². The second-order valence-electron chi connectivity index (χ2n) is 5.28. The van der Waals surface area contributed by atoms with E-state index in [0.29, 0.717) is 9.75 Å². The van der Waals surface area contributed by atoms with E-state index in [-0.39, 0.29) is 17.6 Å². The highest BCUT2D eigenvalue weighted by atomic mass is 32.1. The number of nitro groups is 1. The van der Waals surface area contributed by atoms with Crippen LogP contribution in [0.2, 0.25) is 0 Å². The van der Waals surface area contributed by atoms with Crippen LogP contribution in [0.3, 0.4) is 0 Å². The Balaban J connectivity index is 2.29. The fraction of sp³-hybridized carbons (Fsp3) is 0.375. The number of amides is 1. The molecule has 0 aliphatic rings. The van der Waals surface area contributed by atoms with Crippen molar-refractivity contribution in [2.45, 2.75) is 32.7 Å². The zero-order chi connectivity index (χ0) is 17.0. The first-order valence-corrected chi connectivity index (χ1v) is 8.20. The third-order valence-corrected chi connectivity index (χ3v) is 4.71. The summed E-state index contributed by atoms with van der Waals surface area (Å²) in [6, 6.07) is 6.84. The maximum Gasteiger partial charge on any atom is 0.283 e. The van der Waals surface area contributed by atoms with Crippen LogP contribution in [-0.2, 0) is 0 Å². The van der Waals surface area contributed by atoms with E-state index < -0.39 is 4.92 Å². The Morgan fingerprint density at radius 2 is 2.22 bits per heavy atom. The van der Waals surface area contributed by atoms with Gasteiger partial charge >= 0.3 is 0 Å². The van der Waals surface area contributed by atoms with Gasteiger partial charge in [0, 0.05) is 19.3 Å². The number of aromatic nitrogens is 1. The summed E-state index contributed by atoms with van der Waals surface area (Å²) in [6.07, 6.45) is 3.39. The number of hydrogen-bond acceptors (Lipinski definition) is 5. The molecule has 0 aromatic carbocycles. The van der Waals surface area contributed by atoms with Crippen LogP contribution in [0.15, 0.2) is 30.5 Å². The normalized spacial score (nSPS) is 12.0. The van der Waals surface area contributed by atoms with Gasteiger partial charge in [-0.3, -0.25) is 19.9 Å². The summed E-state index contributed by atoms with van der Waals surface area (Å²) in [4.78, 5) is 30.1. The lowest BCUT2D eigenvalue weighted by molar-refractivity contribution is -0.385. The molecule has 2 rings (SSSR count). The molecule has 7 heteroatoms. The first kappa shape index (κ1) is 17.1. The predicted molar refractivity (Wildman–Crippen MR) is 89.7 cm³/mol. The van der Waals surface area contributed by atoms with Gasteiger partial charge in [-0.1, -0.05) is 19.4 Å². The Morgan fingerprint density at radius 3 is 2.74 bits per heavy atom. The zero-order valence-corrected chi connectivity index (χ0v) is 14.2. The van der Waals surface area contributed by atoms with Gasteiger partial charge in [0.1, 0.15) is 0 Å². The molecule has 0 saturated carbocycles. The van der Waals surface area contributed by atoms with Gasteiger partial charge < -0.3 is 4.90 Å². The average molecular weight is 333 g/mol. The lowest BCUT2D eigenvalue weighted by atomic mass is 10.1. The van der Waals surface area contributed by atoms with Gasteiger partial charge in [-0.2, -0.15) is 0 Å². The molecule has 0 spiro atoms. The number of pyridine rings is 1. The van der Waals surface area contributed by atoms with Crippen molar-refractivity contribution >= 4 is 22.9 Å². The molecule has 0 unspecified atom stereocenters. The average Bonchev–Trinajstić information content (AvgIpc) is 2.94. The Morgan fingerprint density at radius 1 is 1.48 bits per heavy atom. The third kappa shape index (κ3) is 3.73. The molecule has 1 atom stereocenters. The van der Waals surface area contributed by atoms with Crippen LogP contribution in [0.4, 0.5) is 5.69 Å². The first-order chi connectivity index (χ1) is 11.0. The van der Waals surface area contributed by atoms with Crippen LogP contribution in [0, 0.1) is 17.0 Å². The van der Waals surface area contributed by atoms with E-state index in [1.807, 2.05) is 25.1 Å². The van der Waals surface area contributed by atoms with E-state index in [4.69, 9.17) is 0 Å². The van der Waals surface area contributed by atoms with Crippen LogP contribution in [0.1, 0.15) is 46.0 Å². The molecule has 2 aromatic rings. The minimum atomic E-state index is -0.453. The topological polar surface area (TPSA) is 76.3 Å². The van der Waals surface area contributed by atoms with E-state index in [1.54, 1.807) is 25.1 Å². The summed E-state index contributed by atoms with van der Waals surface area (Å²) >= 11 is 1.16. The van der Waals surface area contributed by atoms with Crippen LogP contribution < -0.4 is 0 Å². The molecule has 122 valence electrons. The smallest absolute Gasteiger partial charge is 0.283 e. The lowest BCUT2D eigenvalue weighted by Crippen LogP contribution is -2.31. The van der Waals surface area contributed by atoms with Crippen LogP contribution in [-0.4, -0.2) is 27.8 Å². The fourth-order valence-corrected chi connectivity index (χ4v) is 3.43. The highest BCUT2D eigenvalue weighted by Crippen LogP contribution is 2.31. The highest BCUT2D eigenvalue weighted by molar-refractivity contribution is 7.14. The maximum atomic E-state index is 12.7. The number of rotatable bonds is 6. The quantitative estimate of drug-likeness (QED) is 0.592. The van der Waals surface area contributed by atoms with E-state index in [9.17, 15) is 14.9 Å². The second-order valence-corrected chi connectivity index (χ2v) is 6.54. The predicted octanol–water partition coefficient (Wildman–Crippen LogP) is 3.97. The SMILES string of the molecule is CCC[C@H](c1ccccn1)N(C)C(=O)c1cc([N+](=O)[O-])c(C)s1. The molecule has 2 heterocycles. The lowest BCUT2D eigenvalue weighted by Gasteiger charge is -2.27. The molecular formula is C16H19N3O3S. The first-order valence-electron chi connectivity index (χ1n) is 7.38. The molecular weight excluding hydrogens is 314 g/mol. The Kier molecular flexibility index (Phi) is 5.44. The van der Waals surface area contributed by atoms with Crippen molar-refractivity contribution in [1.29, 1.82) is 0 Å². The van der Waals surface area contributed by atoms with Gasteiger partial charge in [0.05, 0.1) is 26.4 Å². The van der Waals surface area contributed by atoms with Crippen molar-refractivity contribution in [2.24, 2.45) is 0 Å². The van der Waals surface area contributed by atoms with Gasteiger partial charge in [0.2, 0.25) is 0 Å². The van der Waals surface area contributed by atoms with E-state index in [1.165, 1.54) is 6.07 Å². The molecule has 2 aromatic heterocycles. The van der Waals surface area contributed by atoms with E-state index >= 15 is 0 Å². The molecule has 1 amide bonds. The summed E-state index contributed by atoms with van der Waals surface area (Å²) in [5.74, 6) is -0.213. The Bertz CT molecular complexity index is 700. The number of aryl methyl sites for hydroxylation is 1. The van der Waals surface area contributed by atoms with Gasteiger partial charge in [0.25, 0.3) is 11.6 Å². The number of nitrogens with zero attached hydrogens (tertiary/aromatic N) is 3. The third-order valence-electron chi connectivity index (χ3n) is 3.68. The van der Waals surface area contributed by atoms with E-state index in [2.05, 4.69) is 4.98 Å². The summed E-state index contributed by atoms with van der Waals surface area (Å²) in [7, 11) is 1.72. The van der Waals surface area contributed by atoms with Crippen molar-refractivity contribution in [3.05, 3.63) is 56.0 Å². The zero-order valence-electron chi connectivity index (χ0n) is 13.4. The van der Waals surface area contributed by atoms with Crippen LogP contribution in [0.25, 0.3) is 0 Å². The molecule has 0 bridgehead atoms. The van der Waals surface area contributed by atoms with Gasteiger partial charge in [0.15, 0.2) is 0 Å². The monoisotopic (exact) mass is 333 g/mol. The molecule has 0 aliphatic carbocycles. The van der Waals surface area contributed by atoms with Crippen LogP contribution in [0.5, 0.6) is 0 Å². The van der Waals surface area contributed by atoms with Crippen molar-refractivity contribution < 1.29 is 9.72 Å². The van der Waals surface area contributed by atoms with Crippen LogP contribution >= 0.6 is 11.3 Å². The van der Waals surface area contributed by atoms with Crippen molar-refractivity contribution in [3.8, 4) is 0 Å². The van der Waals surface area contributed by atoms with E-state index in [0.717, 1.165) is 29.9 Å².